The summed E-state index contributed by atoms with van der Waals surface area (Å²) in [5.74, 6) is 3.04. The van der Waals surface area contributed by atoms with Crippen molar-refractivity contribution in [2.24, 2.45) is 0 Å². The van der Waals surface area contributed by atoms with Crippen molar-refractivity contribution < 1.29 is 18.6 Å². The van der Waals surface area contributed by atoms with Gasteiger partial charge in [0.2, 0.25) is 5.89 Å². The Morgan fingerprint density at radius 2 is 1.78 bits per heavy atom. The maximum absolute atomic E-state index is 5.98. The van der Waals surface area contributed by atoms with Crippen LogP contribution in [0, 0.1) is 0 Å². The van der Waals surface area contributed by atoms with Crippen molar-refractivity contribution in [1.29, 1.82) is 0 Å². The van der Waals surface area contributed by atoms with Gasteiger partial charge in [-0.2, -0.15) is 0 Å². The summed E-state index contributed by atoms with van der Waals surface area (Å²) in [7, 11) is 3.19. The average molecular weight is 366 g/mol. The summed E-state index contributed by atoms with van der Waals surface area (Å²) in [6.45, 7) is 0.247. The maximum atomic E-state index is 5.98. The second-order valence-electron chi connectivity index (χ2n) is 6.46. The molecule has 1 aliphatic carbocycles. The summed E-state index contributed by atoms with van der Waals surface area (Å²) in [5.41, 5.74) is 3.46. The lowest BCUT2D eigenvalue weighted by molar-refractivity contribution is 0.261. The van der Waals surface area contributed by atoms with Gasteiger partial charge in [-0.25, -0.2) is 0 Å². The third kappa shape index (κ3) is 3.60. The summed E-state index contributed by atoms with van der Waals surface area (Å²) in [4.78, 5) is 0. The van der Waals surface area contributed by atoms with E-state index >= 15 is 0 Å². The average Bonchev–Trinajstić information content (AvgIpc) is 3.20. The molecule has 140 valence electrons. The van der Waals surface area contributed by atoms with Gasteiger partial charge in [0.05, 0.1) is 14.2 Å². The van der Waals surface area contributed by atoms with Gasteiger partial charge < -0.3 is 18.6 Å². The highest BCUT2D eigenvalue weighted by molar-refractivity contribution is 5.59. The molecule has 0 unspecified atom stereocenters. The van der Waals surface area contributed by atoms with Gasteiger partial charge in [0.15, 0.2) is 18.1 Å². The van der Waals surface area contributed by atoms with Crippen LogP contribution in [-0.4, -0.2) is 24.4 Å². The molecule has 27 heavy (non-hydrogen) atoms. The predicted octanol–water partition coefficient (Wildman–Crippen LogP) is 4.21. The Bertz CT molecular complexity index is 936. The van der Waals surface area contributed by atoms with Crippen molar-refractivity contribution in [3.05, 3.63) is 53.4 Å². The summed E-state index contributed by atoms with van der Waals surface area (Å²) >= 11 is 0. The molecule has 2 aromatic carbocycles. The van der Waals surface area contributed by atoms with Crippen molar-refractivity contribution in [2.75, 3.05) is 14.2 Å². The molecular formula is C21H22N2O4. The number of ether oxygens (including phenoxy) is 3. The molecule has 6 heteroatoms. The number of methoxy groups -OCH3 is 2. The first kappa shape index (κ1) is 17.4. The molecule has 0 radical (unpaired) electrons. The van der Waals surface area contributed by atoms with E-state index in [0.29, 0.717) is 23.3 Å². The van der Waals surface area contributed by atoms with Crippen LogP contribution in [0.3, 0.4) is 0 Å². The van der Waals surface area contributed by atoms with Gasteiger partial charge in [0.1, 0.15) is 5.75 Å². The minimum absolute atomic E-state index is 0.247. The topological polar surface area (TPSA) is 66.6 Å². The first-order valence-electron chi connectivity index (χ1n) is 9.07. The van der Waals surface area contributed by atoms with Crippen molar-refractivity contribution in [2.45, 2.75) is 32.3 Å². The quantitative estimate of drug-likeness (QED) is 0.651. The number of hydrogen-bond donors (Lipinski definition) is 0. The number of hydrogen-bond acceptors (Lipinski definition) is 6. The van der Waals surface area contributed by atoms with Crippen LogP contribution in [0.2, 0.25) is 0 Å². The number of nitrogens with zero attached hydrogens (tertiary/aromatic N) is 2. The highest BCUT2D eigenvalue weighted by atomic mass is 16.5. The lowest BCUT2D eigenvalue weighted by Crippen LogP contribution is -2.06. The van der Waals surface area contributed by atoms with Crippen LogP contribution in [0.5, 0.6) is 17.2 Å². The molecule has 3 aromatic rings. The van der Waals surface area contributed by atoms with E-state index in [1.165, 1.54) is 24.0 Å². The second kappa shape index (κ2) is 7.70. The van der Waals surface area contributed by atoms with Gasteiger partial charge in [-0.3, -0.25) is 0 Å². The monoisotopic (exact) mass is 366 g/mol. The molecular weight excluding hydrogens is 344 g/mol. The molecule has 0 bridgehead atoms. The fraction of sp³-hybridized carbons (Fsp3) is 0.333. The fourth-order valence-corrected chi connectivity index (χ4v) is 3.42. The number of benzene rings is 2. The molecule has 6 nitrogen and oxygen atoms in total. The Balaban J connectivity index is 1.49. The van der Waals surface area contributed by atoms with Crippen LogP contribution in [0.15, 0.2) is 40.8 Å². The largest absolute Gasteiger partial charge is 0.493 e. The SMILES string of the molecule is COc1ccc(-c2nnc(COc3cccc4c3CCCC4)o2)cc1OC. The molecule has 0 saturated carbocycles. The number of aromatic nitrogens is 2. The lowest BCUT2D eigenvalue weighted by Gasteiger charge is -2.18. The molecule has 0 amide bonds. The minimum Gasteiger partial charge on any atom is -0.493 e. The van der Waals surface area contributed by atoms with E-state index in [9.17, 15) is 0 Å². The molecule has 0 atom stereocenters. The van der Waals surface area contributed by atoms with E-state index in [2.05, 4.69) is 16.3 Å². The minimum atomic E-state index is 0.247. The Labute approximate surface area is 158 Å². The zero-order valence-corrected chi connectivity index (χ0v) is 15.5. The van der Waals surface area contributed by atoms with E-state index < -0.39 is 0 Å². The van der Waals surface area contributed by atoms with Gasteiger partial charge in [-0.1, -0.05) is 12.1 Å². The van der Waals surface area contributed by atoms with E-state index in [0.717, 1.165) is 24.2 Å². The molecule has 1 aromatic heterocycles. The van der Waals surface area contributed by atoms with E-state index in [1.54, 1.807) is 14.2 Å². The number of aryl methyl sites for hydroxylation is 1. The molecule has 0 N–H and O–H groups in total. The fourth-order valence-electron chi connectivity index (χ4n) is 3.42. The van der Waals surface area contributed by atoms with Crippen LogP contribution in [0.25, 0.3) is 11.5 Å². The molecule has 1 heterocycles. The summed E-state index contributed by atoms with van der Waals surface area (Å²) in [6, 6.07) is 11.7. The Hall–Kier alpha value is -3.02. The van der Waals surface area contributed by atoms with Gasteiger partial charge in [0.25, 0.3) is 5.89 Å². The summed E-state index contributed by atoms with van der Waals surface area (Å²) in [5, 5.41) is 8.23. The Morgan fingerprint density at radius 3 is 2.63 bits per heavy atom. The highest BCUT2D eigenvalue weighted by Gasteiger charge is 2.16. The first-order chi connectivity index (χ1) is 13.3. The van der Waals surface area contributed by atoms with Crippen LogP contribution in [0.1, 0.15) is 29.9 Å². The van der Waals surface area contributed by atoms with Crippen LogP contribution < -0.4 is 14.2 Å². The second-order valence-corrected chi connectivity index (χ2v) is 6.46. The molecule has 0 fully saturated rings. The molecule has 0 spiro atoms. The molecule has 0 saturated heterocycles. The normalized spacial score (nSPS) is 13.1. The smallest absolute Gasteiger partial charge is 0.254 e. The Kier molecular flexibility index (Phi) is 4.96. The molecule has 0 aliphatic heterocycles. The molecule has 4 rings (SSSR count). The molecule has 1 aliphatic rings. The van der Waals surface area contributed by atoms with Crippen LogP contribution >= 0.6 is 0 Å². The maximum Gasteiger partial charge on any atom is 0.254 e. The van der Waals surface area contributed by atoms with Gasteiger partial charge in [-0.15, -0.1) is 10.2 Å². The van der Waals surface area contributed by atoms with Gasteiger partial charge in [-0.05, 0) is 61.1 Å². The van der Waals surface area contributed by atoms with Gasteiger partial charge >= 0.3 is 0 Å². The van der Waals surface area contributed by atoms with E-state index in [4.69, 9.17) is 18.6 Å². The van der Waals surface area contributed by atoms with E-state index in [-0.39, 0.29) is 6.61 Å². The summed E-state index contributed by atoms with van der Waals surface area (Å²) < 4.78 is 22.3. The van der Waals surface area contributed by atoms with Crippen molar-refractivity contribution >= 4 is 0 Å². The number of rotatable bonds is 6. The zero-order valence-electron chi connectivity index (χ0n) is 15.5. The predicted molar refractivity (Wildman–Crippen MR) is 100 cm³/mol. The third-order valence-corrected chi connectivity index (χ3v) is 4.80. The van der Waals surface area contributed by atoms with Crippen molar-refractivity contribution in [3.63, 3.8) is 0 Å². The first-order valence-corrected chi connectivity index (χ1v) is 9.07. The Morgan fingerprint density at radius 1 is 0.926 bits per heavy atom. The van der Waals surface area contributed by atoms with Crippen molar-refractivity contribution in [1.82, 2.24) is 10.2 Å². The summed E-state index contributed by atoms with van der Waals surface area (Å²) in [6.07, 6.45) is 4.63. The van der Waals surface area contributed by atoms with Gasteiger partial charge in [0, 0.05) is 5.56 Å². The third-order valence-electron chi connectivity index (χ3n) is 4.80. The van der Waals surface area contributed by atoms with Crippen LogP contribution in [-0.2, 0) is 19.4 Å². The zero-order chi connectivity index (χ0) is 18.6. The standard InChI is InChI=1S/C21H22N2O4/c1-24-18-11-10-15(12-19(18)25-2)21-23-22-20(27-21)13-26-17-9-5-7-14-6-3-4-8-16(14)17/h5,7,9-12H,3-4,6,8,13H2,1-2H3. The lowest BCUT2D eigenvalue weighted by atomic mass is 9.91. The van der Waals surface area contributed by atoms with Crippen LogP contribution in [0.4, 0.5) is 0 Å². The van der Waals surface area contributed by atoms with Crippen molar-refractivity contribution in [3.8, 4) is 28.7 Å². The number of fused-ring (bicyclic) bond motifs is 1. The highest BCUT2D eigenvalue weighted by Crippen LogP contribution is 2.32. The van der Waals surface area contributed by atoms with E-state index in [1.807, 2.05) is 30.3 Å².